The van der Waals surface area contributed by atoms with Crippen molar-refractivity contribution in [1.29, 1.82) is 0 Å². The molecule has 0 aromatic carbocycles. The van der Waals surface area contributed by atoms with Crippen LogP contribution in [-0.4, -0.2) is 58.4 Å². The number of rotatable bonds is 3. The third kappa shape index (κ3) is 3.73. The minimum atomic E-state index is -3.61. The van der Waals surface area contributed by atoms with Gasteiger partial charge in [0.2, 0.25) is 15.0 Å². The number of fused-ring (bicyclic) bond motifs is 1. The first kappa shape index (κ1) is 18.8. The van der Waals surface area contributed by atoms with Gasteiger partial charge in [0.25, 0.3) is 5.56 Å². The van der Waals surface area contributed by atoms with Crippen molar-refractivity contribution < 1.29 is 18.3 Å². The molecule has 1 aliphatic rings. The van der Waals surface area contributed by atoms with Crippen molar-refractivity contribution in [3.63, 3.8) is 0 Å². The molecule has 9 nitrogen and oxygen atoms in total. The van der Waals surface area contributed by atoms with Crippen LogP contribution in [0.1, 0.15) is 12.8 Å². The summed E-state index contributed by atoms with van der Waals surface area (Å²) in [6, 6.07) is 1.56. The highest BCUT2D eigenvalue weighted by atomic mass is 79.9. The first-order valence-corrected chi connectivity index (χ1v) is 10.6. The largest absolute Gasteiger partial charge is 0.465 e. The van der Waals surface area contributed by atoms with Crippen molar-refractivity contribution in [2.45, 2.75) is 24.5 Å². The Labute approximate surface area is 157 Å². The lowest BCUT2D eigenvalue weighted by atomic mass is 9.97. The maximum Gasteiger partial charge on any atom is 0.407 e. The second-order valence-corrected chi connectivity index (χ2v) is 9.09. The van der Waals surface area contributed by atoms with Gasteiger partial charge in [-0.1, -0.05) is 0 Å². The molecule has 0 saturated carbocycles. The third-order valence-electron chi connectivity index (χ3n) is 4.42. The second-order valence-electron chi connectivity index (χ2n) is 6.32. The Morgan fingerprint density at radius 3 is 2.62 bits per heavy atom. The molecule has 1 saturated heterocycles. The third-order valence-corrected chi connectivity index (χ3v) is 5.85. The van der Waals surface area contributed by atoms with E-state index in [-0.39, 0.29) is 22.3 Å². The summed E-state index contributed by atoms with van der Waals surface area (Å²) < 4.78 is 25.3. The number of amides is 1. The highest BCUT2D eigenvalue weighted by Gasteiger charge is 2.24. The van der Waals surface area contributed by atoms with Crippen LogP contribution in [0.2, 0.25) is 0 Å². The van der Waals surface area contributed by atoms with Crippen molar-refractivity contribution in [3.8, 4) is 0 Å². The number of likely N-dealkylation sites (tertiary alicyclic amines) is 1. The average molecular weight is 445 g/mol. The maximum atomic E-state index is 12.6. The Balaban J connectivity index is 2.00. The van der Waals surface area contributed by atoms with Crippen molar-refractivity contribution in [1.82, 2.24) is 19.4 Å². The summed E-state index contributed by atoms with van der Waals surface area (Å²) in [5, 5.41) is 9.25. The van der Waals surface area contributed by atoms with E-state index in [2.05, 4.69) is 25.9 Å². The summed E-state index contributed by atoms with van der Waals surface area (Å²) in [5.74, 6) is 0.0949. The zero-order valence-electron chi connectivity index (χ0n) is 13.9. The number of carbonyl (C=O) groups is 1. The fraction of sp³-hybridized carbons (Fsp3) is 0.467. The highest BCUT2D eigenvalue weighted by molar-refractivity contribution is 9.10. The molecule has 3 heterocycles. The van der Waals surface area contributed by atoms with E-state index in [0.29, 0.717) is 42.3 Å². The Bertz CT molecular complexity index is 1030. The van der Waals surface area contributed by atoms with E-state index < -0.39 is 15.9 Å². The van der Waals surface area contributed by atoms with E-state index >= 15 is 0 Å². The quantitative estimate of drug-likeness (QED) is 0.708. The van der Waals surface area contributed by atoms with Crippen LogP contribution >= 0.6 is 15.9 Å². The molecule has 1 N–H and O–H groups in total. The number of nitrogens with zero attached hydrogens (tertiary/aromatic N) is 4. The van der Waals surface area contributed by atoms with Crippen LogP contribution in [0.4, 0.5) is 4.79 Å². The number of hydrogen-bond donors (Lipinski definition) is 1. The van der Waals surface area contributed by atoms with E-state index in [9.17, 15) is 18.0 Å². The van der Waals surface area contributed by atoms with E-state index in [4.69, 9.17) is 5.11 Å². The molecule has 1 fully saturated rings. The standard InChI is InChI=1S/C15H17BrN4O5S/c1-26(24,25)14-17-7-10-6-11(16)13(21)20(12(10)18-14)8-9-2-4-19(5-3-9)15(22)23/h6-7,9H,2-5,8H2,1H3,(H,22,23). The normalized spacial score (nSPS) is 16.2. The predicted molar refractivity (Wildman–Crippen MR) is 96.9 cm³/mol. The van der Waals surface area contributed by atoms with Crippen LogP contribution < -0.4 is 5.56 Å². The fourth-order valence-electron chi connectivity index (χ4n) is 3.02. The Kier molecular flexibility index (Phi) is 5.02. The lowest BCUT2D eigenvalue weighted by Crippen LogP contribution is -2.39. The van der Waals surface area contributed by atoms with Gasteiger partial charge in [0, 0.05) is 37.5 Å². The summed E-state index contributed by atoms with van der Waals surface area (Å²) >= 11 is 3.23. The molecule has 11 heteroatoms. The minimum absolute atomic E-state index is 0.0949. The number of pyridine rings is 1. The minimum Gasteiger partial charge on any atom is -0.465 e. The van der Waals surface area contributed by atoms with Crippen LogP contribution in [-0.2, 0) is 16.4 Å². The van der Waals surface area contributed by atoms with Crippen molar-refractivity contribution >= 4 is 42.9 Å². The summed E-state index contributed by atoms with van der Waals surface area (Å²) in [6.07, 6.45) is 2.69. The lowest BCUT2D eigenvalue weighted by molar-refractivity contribution is 0.121. The van der Waals surface area contributed by atoms with Crippen LogP contribution in [0.3, 0.4) is 0 Å². The Morgan fingerprint density at radius 2 is 2.04 bits per heavy atom. The van der Waals surface area contributed by atoms with E-state index in [0.717, 1.165) is 6.26 Å². The molecule has 0 unspecified atom stereocenters. The molecule has 1 aliphatic heterocycles. The molecular weight excluding hydrogens is 428 g/mol. The number of aromatic nitrogens is 3. The number of halogens is 1. The zero-order valence-corrected chi connectivity index (χ0v) is 16.3. The SMILES string of the molecule is CS(=O)(=O)c1ncc2cc(Br)c(=O)n(CC3CCN(C(=O)O)CC3)c2n1. The monoisotopic (exact) mass is 444 g/mol. The van der Waals surface area contributed by atoms with Gasteiger partial charge < -0.3 is 10.0 Å². The van der Waals surface area contributed by atoms with Crippen molar-refractivity contribution in [2.75, 3.05) is 19.3 Å². The first-order valence-electron chi connectivity index (χ1n) is 7.91. The molecule has 0 aliphatic carbocycles. The molecule has 0 spiro atoms. The Hall–Kier alpha value is -2.01. The molecule has 2 aromatic rings. The molecule has 3 rings (SSSR count). The van der Waals surface area contributed by atoms with Gasteiger partial charge >= 0.3 is 6.09 Å². The average Bonchev–Trinajstić information content (AvgIpc) is 2.58. The van der Waals surface area contributed by atoms with Crippen LogP contribution in [0, 0.1) is 5.92 Å². The van der Waals surface area contributed by atoms with E-state index in [1.165, 1.54) is 15.7 Å². The van der Waals surface area contributed by atoms with Gasteiger partial charge in [-0.15, -0.1) is 0 Å². The van der Waals surface area contributed by atoms with Crippen LogP contribution in [0.5, 0.6) is 0 Å². The van der Waals surface area contributed by atoms with Crippen molar-refractivity contribution in [2.24, 2.45) is 5.92 Å². The number of sulfone groups is 1. The van der Waals surface area contributed by atoms with Gasteiger partial charge in [-0.2, -0.15) is 4.98 Å². The summed E-state index contributed by atoms with van der Waals surface area (Å²) in [5.41, 5.74) is -0.0504. The lowest BCUT2D eigenvalue weighted by Gasteiger charge is -2.30. The molecule has 140 valence electrons. The predicted octanol–water partition coefficient (Wildman–Crippen LogP) is 1.35. The van der Waals surface area contributed by atoms with E-state index in [1.54, 1.807) is 6.07 Å². The zero-order chi connectivity index (χ0) is 19.1. The smallest absolute Gasteiger partial charge is 0.407 e. The molecule has 26 heavy (non-hydrogen) atoms. The molecule has 0 bridgehead atoms. The van der Waals surface area contributed by atoms with Crippen molar-refractivity contribution in [3.05, 3.63) is 27.1 Å². The highest BCUT2D eigenvalue weighted by Crippen LogP contribution is 2.22. The summed E-state index contributed by atoms with van der Waals surface area (Å²) in [4.78, 5) is 32.9. The fourth-order valence-corrected chi connectivity index (χ4v) is 3.98. The first-order chi connectivity index (χ1) is 12.2. The summed E-state index contributed by atoms with van der Waals surface area (Å²) in [7, 11) is -3.61. The molecule has 1 amide bonds. The van der Waals surface area contributed by atoms with Crippen LogP contribution in [0.25, 0.3) is 11.0 Å². The second kappa shape index (κ2) is 6.95. The molecule has 2 aromatic heterocycles. The summed E-state index contributed by atoms with van der Waals surface area (Å²) in [6.45, 7) is 1.15. The topological polar surface area (TPSA) is 122 Å². The van der Waals surface area contributed by atoms with Gasteiger partial charge in [0.15, 0.2) is 0 Å². The Morgan fingerprint density at radius 1 is 1.38 bits per heavy atom. The number of carboxylic acid groups (broad SMARTS) is 1. The molecule has 0 radical (unpaired) electrons. The number of piperidine rings is 1. The van der Waals surface area contributed by atoms with E-state index in [1.807, 2.05) is 0 Å². The van der Waals surface area contributed by atoms with Gasteiger partial charge in [0.05, 0.1) is 4.47 Å². The van der Waals surface area contributed by atoms with Gasteiger partial charge in [0.1, 0.15) is 5.65 Å². The number of hydrogen-bond acceptors (Lipinski definition) is 6. The molecule has 0 atom stereocenters. The van der Waals surface area contributed by atoms with Gasteiger partial charge in [-0.3, -0.25) is 9.36 Å². The van der Waals surface area contributed by atoms with Crippen LogP contribution in [0.15, 0.2) is 26.7 Å². The van der Waals surface area contributed by atoms with Gasteiger partial charge in [-0.05, 0) is 40.8 Å². The molecular formula is C15H17BrN4O5S. The van der Waals surface area contributed by atoms with Gasteiger partial charge in [-0.25, -0.2) is 18.2 Å². The maximum absolute atomic E-state index is 12.6.